The highest BCUT2D eigenvalue weighted by Gasteiger charge is 2.26. The standard InChI is InChI=1S/C65H116NO8P/c1-3-5-7-9-11-13-15-17-18-19-20-21-22-23-24-25-26-27-28-29-30-31-32-33-34-35-36-37-38-39-40-41-42-43-44-46-47-49-51-53-55-57-64(67)71-61-63(62-73-75(69,70)72-60-59-66)74-65(68)58-56-54-52-50-48-45-16-14-12-10-8-6-4-2/h6,8,12,14-15,17,19-20,22-23,45,48,52,54,63H,3-5,7,9-11,13,16,18,21,24-44,46-47,49-51,53,55-62,66H2,1-2H3,(H,69,70)/b8-6-,14-12-,17-15-,20-19-,23-22-,48-45-,54-52-. The Bertz CT molecular complexity index is 1500. The molecule has 10 heteroatoms. The molecule has 3 N–H and O–H groups in total. The molecule has 0 rings (SSSR count). The third kappa shape index (κ3) is 60.3. The zero-order valence-corrected chi connectivity index (χ0v) is 49.4. The van der Waals surface area contributed by atoms with Crippen LogP contribution in [0.15, 0.2) is 85.1 Å². The van der Waals surface area contributed by atoms with Gasteiger partial charge in [0.05, 0.1) is 13.2 Å². The first kappa shape index (κ1) is 72.2. The Hall–Kier alpha value is -2.81. The van der Waals surface area contributed by atoms with E-state index in [0.717, 1.165) is 57.8 Å². The molecule has 2 unspecified atom stereocenters. The zero-order chi connectivity index (χ0) is 54.5. The van der Waals surface area contributed by atoms with Crippen LogP contribution < -0.4 is 5.73 Å². The molecule has 0 spiro atoms. The van der Waals surface area contributed by atoms with Crippen LogP contribution in [-0.4, -0.2) is 49.3 Å². The van der Waals surface area contributed by atoms with Crippen LogP contribution >= 0.6 is 7.82 Å². The van der Waals surface area contributed by atoms with Crippen LogP contribution in [0.1, 0.15) is 284 Å². The van der Waals surface area contributed by atoms with Crippen LogP contribution in [0.25, 0.3) is 0 Å². The maximum atomic E-state index is 12.6. The number of phosphoric ester groups is 1. The third-order valence-corrected chi connectivity index (χ3v) is 14.3. The summed E-state index contributed by atoms with van der Waals surface area (Å²) < 4.78 is 32.8. The van der Waals surface area contributed by atoms with Crippen molar-refractivity contribution in [2.75, 3.05) is 26.4 Å². The van der Waals surface area contributed by atoms with Crippen molar-refractivity contribution in [3.05, 3.63) is 85.1 Å². The first-order chi connectivity index (χ1) is 36.8. The van der Waals surface area contributed by atoms with Crippen molar-refractivity contribution in [3.63, 3.8) is 0 Å². The molecule has 9 nitrogen and oxygen atoms in total. The average molecular weight is 1070 g/mol. The summed E-state index contributed by atoms with van der Waals surface area (Å²) in [5.41, 5.74) is 5.36. The molecule has 0 aliphatic heterocycles. The molecular weight excluding hydrogens is 954 g/mol. The molecule has 0 heterocycles. The van der Waals surface area contributed by atoms with Crippen molar-refractivity contribution >= 4 is 19.8 Å². The summed E-state index contributed by atoms with van der Waals surface area (Å²) in [5, 5.41) is 0. The number of unbranched alkanes of at least 4 members (excludes halogenated alkanes) is 31. The largest absolute Gasteiger partial charge is 0.472 e. The van der Waals surface area contributed by atoms with E-state index in [2.05, 4.69) is 86.8 Å². The van der Waals surface area contributed by atoms with Crippen molar-refractivity contribution in [3.8, 4) is 0 Å². The lowest BCUT2D eigenvalue weighted by Crippen LogP contribution is -2.29. The Morgan fingerprint density at radius 1 is 0.413 bits per heavy atom. The van der Waals surface area contributed by atoms with Gasteiger partial charge in [0, 0.05) is 19.4 Å². The van der Waals surface area contributed by atoms with Gasteiger partial charge in [0.25, 0.3) is 0 Å². The predicted octanol–water partition coefficient (Wildman–Crippen LogP) is 19.9. The van der Waals surface area contributed by atoms with Crippen LogP contribution in [0.4, 0.5) is 0 Å². The first-order valence-corrected chi connectivity index (χ1v) is 32.6. The highest BCUT2D eigenvalue weighted by Crippen LogP contribution is 2.43. The number of hydrogen-bond acceptors (Lipinski definition) is 8. The third-order valence-electron chi connectivity index (χ3n) is 13.3. The summed E-state index contributed by atoms with van der Waals surface area (Å²) in [4.78, 5) is 35.0. The summed E-state index contributed by atoms with van der Waals surface area (Å²) in [7, 11) is -4.40. The zero-order valence-electron chi connectivity index (χ0n) is 48.5. The number of carbonyl (C=O) groups excluding carboxylic acids is 2. The topological polar surface area (TPSA) is 134 Å². The lowest BCUT2D eigenvalue weighted by molar-refractivity contribution is -0.161. The highest BCUT2D eigenvalue weighted by molar-refractivity contribution is 7.47. The van der Waals surface area contributed by atoms with Crippen LogP contribution in [-0.2, 0) is 32.7 Å². The van der Waals surface area contributed by atoms with Crippen molar-refractivity contribution in [2.45, 2.75) is 290 Å². The van der Waals surface area contributed by atoms with E-state index >= 15 is 0 Å². The Morgan fingerprint density at radius 3 is 1.15 bits per heavy atom. The van der Waals surface area contributed by atoms with Crippen molar-refractivity contribution < 1.29 is 37.6 Å². The van der Waals surface area contributed by atoms with Crippen molar-refractivity contribution in [1.82, 2.24) is 0 Å². The number of ether oxygens (including phenoxy) is 2. The van der Waals surface area contributed by atoms with E-state index in [9.17, 15) is 19.0 Å². The van der Waals surface area contributed by atoms with Gasteiger partial charge in [-0.1, -0.05) is 279 Å². The van der Waals surface area contributed by atoms with E-state index in [-0.39, 0.29) is 32.6 Å². The minimum Gasteiger partial charge on any atom is -0.462 e. The Balaban J connectivity index is 3.74. The van der Waals surface area contributed by atoms with E-state index in [1.807, 2.05) is 12.2 Å². The van der Waals surface area contributed by atoms with E-state index in [4.69, 9.17) is 24.3 Å². The Kier molecular flexibility index (Phi) is 58.2. The number of nitrogens with two attached hydrogens (primary N) is 1. The molecule has 0 aliphatic rings. The van der Waals surface area contributed by atoms with Gasteiger partial charge in [0.2, 0.25) is 0 Å². The monoisotopic (exact) mass is 1070 g/mol. The predicted molar refractivity (Wildman–Crippen MR) is 321 cm³/mol. The van der Waals surface area contributed by atoms with Crippen LogP contribution in [0, 0.1) is 0 Å². The second-order valence-corrected chi connectivity index (χ2v) is 22.0. The highest BCUT2D eigenvalue weighted by atomic mass is 31.2. The SMILES string of the molecule is CC/C=C\C/C=C\C/C=C\C/C=C\CCC(=O)OC(COC(=O)CCCCCCCCCCCCCCCCCCCCCCCCCCCC/C=C\C/C=C\C/C=C\CCCCCCC)COP(=O)(O)OCCN. The molecule has 0 bridgehead atoms. The number of allylic oxidation sites excluding steroid dienone is 14. The maximum absolute atomic E-state index is 12.6. The number of rotatable bonds is 58. The van der Waals surface area contributed by atoms with Crippen LogP contribution in [0.2, 0.25) is 0 Å². The number of hydrogen-bond donors (Lipinski definition) is 2. The van der Waals surface area contributed by atoms with Crippen molar-refractivity contribution in [2.24, 2.45) is 5.73 Å². The molecule has 434 valence electrons. The minimum absolute atomic E-state index is 0.0410. The van der Waals surface area contributed by atoms with Crippen LogP contribution in [0.5, 0.6) is 0 Å². The fourth-order valence-corrected chi connectivity index (χ4v) is 9.48. The van der Waals surface area contributed by atoms with Gasteiger partial charge in [0.1, 0.15) is 6.61 Å². The van der Waals surface area contributed by atoms with Gasteiger partial charge in [-0.2, -0.15) is 0 Å². The molecule has 0 saturated carbocycles. The molecular formula is C65H116NO8P. The van der Waals surface area contributed by atoms with E-state index in [1.165, 1.54) is 193 Å². The quantitative estimate of drug-likeness (QED) is 0.0264. The molecule has 0 aromatic heterocycles. The van der Waals surface area contributed by atoms with Crippen molar-refractivity contribution in [1.29, 1.82) is 0 Å². The van der Waals surface area contributed by atoms with Gasteiger partial charge in [-0.25, -0.2) is 4.57 Å². The molecule has 75 heavy (non-hydrogen) atoms. The Labute approximate surface area is 462 Å². The smallest absolute Gasteiger partial charge is 0.462 e. The maximum Gasteiger partial charge on any atom is 0.472 e. The van der Waals surface area contributed by atoms with E-state index in [1.54, 1.807) is 0 Å². The molecule has 0 amide bonds. The summed E-state index contributed by atoms with van der Waals surface area (Å²) >= 11 is 0. The van der Waals surface area contributed by atoms with E-state index in [0.29, 0.717) is 6.42 Å². The van der Waals surface area contributed by atoms with Gasteiger partial charge in [-0.15, -0.1) is 0 Å². The van der Waals surface area contributed by atoms with Crippen LogP contribution in [0.3, 0.4) is 0 Å². The fourth-order valence-electron chi connectivity index (χ4n) is 8.72. The molecule has 0 aromatic carbocycles. The number of esters is 2. The molecule has 0 saturated heterocycles. The minimum atomic E-state index is -4.40. The molecule has 0 radical (unpaired) electrons. The van der Waals surface area contributed by atoms with Gasteiger partial charge in [0.15, 0.2) is 6.10 Å². The lowest BCUT2D eigenvalue weighted by atomic mass is 10.0. The second kappa shape index (κ2) is 60.4. The second-order valence-electron chi connectivity index (χ2n) is 20.5. The van der Waals surface area contributed by atoms with Gasteiger partial charge in [-0.05, 0) is 77.0 Å². The molecule has 0 aromatic rings. The first-order valence-electron chi connectivity index (χ1n) is 31.1. The fraction of sp³-hybridized carbons (Fsp3) is 0.754. The molecule has 2 atom stereocenters. The van der Waals surface area contributed by atoms with Gasteiger partial charge in [-0.3, -0.25) is 18.6 Å². The molecule has 0 aliphatic carbocycles. The Morgan fingerprint density at radius 2 is 0.760 bits per heavy atom. The van der Waals surface area contributed by atoms with Gasteiger partial charge >= 0.3 is 19.8 Å². The number of carbonyl (C=O) groups is 2. The summed E-state index contributed by atoms with van der Waals surface area (Å²) in [5.74, 6) is -0.918. The lowest BCUT2D eigenvalue weighted by Gasteiger charge is -2.19. The normalized spacial score (nSPS) is 13.6. The summed E-state index contributed by atoms with van der Waals surface area (Å²) in [6.45, 7) is 3.54. The summed E-state index contributed by atoms with van der Waals surface area (Å²) in [6.07, 6.45) is 80.0. The van der Waals surface area contributed by atoms with Gasteiger partial charge < -0.3 is 20.1 Å². The number of phosphoric acid groups is 1. The van der Waals surface area contributed by atoms with E-state index < -0.39 is 32.5 Å². The summed E-state index contributed by atoms with van der Waals surface area (Å²) in [6, 6.07) is 0. The molecule has 0 fully saturated rings. The average Bonchev–Trinajstić information content (AvgIpc) is 3.40.